The second kappa shape index (κ2) is 5.01. The lowest BCUT2D eigenvalue weighted by molar-refractivity contribution is -0.386. The van der Waals surface area contributed by atoms with E-state index in [1.165, 1.54) is 6.20 Å². The van der Waals surface area contributed by atoms with Gasteiger partial charge in [-0.15, -0.1) is 0 Å². The van der Waals surface area contributed by atoms with Gasteiger partial charge in [0.05, 0.1) is 22.7 Å². The first-order valence-corrected chi connectivity index (χ1v) is 5.73. The number of carbonyl (C=O) groups is 1. The summed E-state index contributed by atoms with van der Waals surface area (Å²) in [6.45, 7) is 3.76. The monoisotopic (exact) mass is 259 g/mol. The molecular weight excluding hydrogens is 246 g/mol. The van der Waals surface area contributed by atoms with Crippen LogP contribution < -0.4 is 0 Å². The fraction of sp³-hybridized carbons (Fsp3) is 0.231. The molecule has 2 aromatic rings. The lowest BCUT2D eigenvalue weighted by Crippen LogP contribution is -2.06. The molecule has 0 saturated carbocycles. The minimum Gasteiger partial charge on any atom is -0.348 e. The zero-order valence-electron chi connectivity index (χ0n) is 10.7. The average Bonchev–Trinajstić information content (AvgIpc) is 2.80. The Morgan fingerprint density at radius 2 is 2.21 bits per heavy atom. The standard InChI is InChI=1S/C13H13N3O3/c1-9-5-14-12(10(2)13(9)16(18)19)7-15-4-3-11(6-15)8-17/h3-6,8H,7H2,1-2H3. The maximum atomic E-state index is 11.0. The summed E-state index contributed by atoms with van der Waals surface area (Å²) < 4.78 is 1.78. The number of aldehydes is 1. The third-order valence-corrected chi connectivity index (χ3v) is 3.00. The molecule has 0 radical (unpaired) electrons. The van der Waals surface area contributed by atoms with E-state index in [9.17, 15) is 14.9 Å². The predicted octanol–water partition coefficient (Wildman–Crippen LogP) is 2.27. The highest BCUT2D eigenvalue weighted by Crippen LogP contribution is 2.24. The van der Waals surface area contributed by atoms with Crippen LogP contribution in [0, 0.1) is 24.0 Å². The van der Waals surface area contributed by atoms with Crippen molar-refractivity contribution in [2.75, 3.05) is 0 Å². The Hall–Kier alpha value is -2.50. The van der Waals surface area contributed by atoms with Gasteiger partial charge in [0.2, 0.25) is 0 Å². The van der Waals surface area contributed by atoms with Crippen LogP contribution >= 0.6 is 0 Å². The molecule has 0 amide bonds. The van der Waals surface area contributed by atoms with Gasteiger partial charge >= 0.3 is 0 Å². The van der Waals surface area contributed by atoms with Gasteiger partial charge < -0.3 is 4.57 Å². The highest BCUT2D eigenvalue weighted by molar-refractivity contribution is 5.74. The van der Waals surface area contributed by atoms with Crippen molar-refractivity contribution in [1.29, 1.82) is 0 Å². The van der Waals surface area contributed by atoms with Crippen molar-refractivity contribution in [3.05, 3.63) is 57.2 Å². The van der Waals surface area contributed by atoms with E-state index in [-0.39, 0.29) is 10.6 Å². The molecule has 0 aliphatic rings. The normalized spacial score (nSPS) is 10.4. The minimum absolute atomic E-state index is 0.104. The molecule has 0 unspecified atom stereocenters. The number of carbonyl (C=O) groups excluding carboxylic acids is 1. The molecule has 0 saturated heterocycles. The van der Waals surface area contributed by atoms with E-state index in [1.54, 1.807) is 36.9 Å². The Morgan fingerprint density at radius 3 is 2.79 bits per heavy atom. The zero-order valence-corrected chi connectivity index (χ0v) is 10.7. The van der Waals surface area contributed by atoms with Crippen LogP contribution in [0.5, 0.6) is 0 Å². The van der Waals surface area contributed by atoms with Gasteiger partial charge in [-0.25, -0.2) is 0 Å². The minimum atomic E-state index is -0.387. The van der Waals surface area contributed by atoms with Crippen molar-refractivity contribution >= 4 is 12.0 Å². The number of hydrogen-bond donors (Lipinski definition) is 0. The Balaban J connectivity index is 2.38. The fourth-order valence-corrected chi connectivity index (χ4v) is 2.01. The first-order valence-electron chi connectivity index (χ1n) is 5.73. The first kappa shape index (κ1) is 12.9. The second-order valence-corrected chi connectivity index (χ2v) is 4.35. The summed E-state index contributed by atoms with van der Waals surface area (Å²) in [6, 6.07) is 1.69. The molecule has 0 bridgehead atoms. The molecule has 0 spiro atoms. The Labute approximate surface area is 109 Å². The van der Waals surface area contributed by atoms with Crippen LogP contribution in [0.3, 0.4) is 0 Å². The van der Waals surface area contributed by atoms with Gasteiger partial charge in [-0.2, -0.15) is 0 Å². The molecule has 2 aromatic heterocycles. The SMILES string of the molecule is Cc1cnc(Cn2ccc(C=O)c2)c(C)c1[N+](=O)[O-]. The van der Waals surface area contributed by atoms with Crippen LogP contribution in [0.25, 0.3) is 0 Å². The van der Waals surface area contributed by atoms with Gasteiger partial charge in [-0.3, -0.25) is 19.9 Å². The van der Waals surface area contributed by atoms with Crippen LogP contribution in [-0.4, -0.2) is 20.8 Å². The third kappa shape index (κ3) is 2.52. The van der Waals surface area contributed by atoms with Crippen molar-refractivity contribution in [3.8, 4) is 0 Å². The second-order valence-electron chi connectivity index (χ2n) is 4.35. The molecule has 6 nitrogen and oxygen atoms in total. The van der Waals surface area contributed by atoms with E-state index in [2.05, 4.69) is 4.98 Å². The molecule has 19 heavy (non-hydrogen) atoms. The summed E-state index contributed by atoms with van der Waals surface area (Å²) in [6.07, 6.45) is 5.69. The van der Waals surface area contributed by atoms with Crippen LogP contribution in [0.2, 0.25) is 0 Å². The van der Waals surface area contributed by atoms with Crippen LogP contribution in [0.15, 0.2) is 24.7 Å². The molecule has 2 heterocycles. The lowest BCUT2D eigenvalue weighted by atomic mass is 10.1. The van der Waals surface area contributed by atoms with Gasteiger partial charge in [0.1, 0.15) is 0 Å². The molecular formula is C13H13N3O3. The molecule has 2 rings (SSSR count). The van der Waals surface area contributed by atoms with Crippen molar-refractivity contribution in [2.24, 2.45) is 0 Å². The molecule has 6 heteroatoms. The van der Waals surface area contributed by atoms with Crippen molar-refractivity contribution in [3.63, 3.8) is 0 Å². The number of aryl methyl sites for hydroxylation is 1. The molecule has 0 aliphatic heterocycles. The van der Waals surface area contributed by atoms with E-state index in [4.69, 9.17) is 0 Å². The summed E-state index contributed by atoms with van der Waals surface area (Å²) in [7, 11) is 0. The average molecular weight is 259 g/mol. The molecule has 98 valence electrons. The zero-order chi connectivity index (χ0) is 14.0. The number of nitro groups is 1. The topological polar surface area (TPSA) is 78.0 Å². The highest BCUT2D eigenvalue weighted by Gasteiger charge is 2.18. The van der Waals surface area contributed by atoms with Gasteiger partial charge in [0.15, 0.2) is 6.29 Å². The van der Waals surface area contributed by atoms with Gasteiger partial charge in [-0.05, 0) is 19.9 Å². The van der Waals surface area contributed by atoms with Crippen molar-refractivity contribution in [1.82, 2.24) is 9.55 Å². The third-order valence-electron chi connectivity index (χ3n) is 3.00. The predicted molar refractivity (Wildman–Crippen MR) is 69.3 cm³/mol. The molecule has 0 fully saturated rings. The molecule has 0 aromatic carbocycles. The van der Waals surface area contributed by atoms with Gasteiger partial charge in [-0.1, -0.05) is 0 Å². The Kier molecular flexibility index (Phi) is 3.41. The lowest BCUT2D eigenvalue weighted by Gasteiger charge is -2.08. The molecule has 0 aliphatic carbocycles. The number of pyridine rings is 1. The van der Waals surface area contributed by atoms with E-state index in [0.29, 0.717) is 28.9 Å². The smallest absolute Gasteiger partial charge is 0.278 e. The number of aromatic nitrogens is 2. The van der Waals surface area contributed by atoms with Crippen molar-refractivity contribution in [2.45, 2.75) is 20.4 Å². The van der Waals surface area contributed by atoms with Gasteiger partial charge in [0.25, 0.3) is 5.69 Å². The fourth-order valence-electron chi connectivity index (χ4n) is 2.01. The summed E-state index contributed by atoms with van der Waals surface area (Å²) in [4.78, 5) is 25.5. The maximum absolute atomic E-state index is 11.0. The van der Waals surface area contributed by atoms with Crippen LogP contribution in [0.1, 0.15) is 27.2 Å². The summed E-state index contributed by atoms with van der Waals surface area (Å²) >= 11 is 0. The van der Waals surface area contributed by atoms with Gasteiger partial charge in [0, 0.05) is 29.7 Å². The van der Waals surface area contributed by atoms with Crippen LogP contribution in [-0.2, 0) is 6.54 Å². The summed E-state index contributed by atoms with van der Waals surface area (Å²) in [5.41, 5.74) is 2.41. The number of hydrogen-bond acceptors (Lipinski definition) is 4. The highest BCUT2D eigenvalue weighted by atomic mass is 16.6. The quantitative estimate of drug-likeness (QED) is 0.479. The van der Waals surface area contributed by atoms with E-state index in [1.807, 2.05) is 0 Å². The Morgan fingerprint density at radius 1 is 1.47 bits per heavy atom. The molecule has 0 N–H and O–H groups in total. The largest absolute Gasteiger partial charge is 0.348 e. The Bertz CT molecular complexity index is 647. The molecule has 0 atom stereocenters. The maximum Gasteiger partial charge on any atom is 0.278 e. The van der Waals surface area contributed by atoms with E-state index < -0.39 is 0 Å². The van der Waals surface area contributed by atoms with Crippen LogP contribution in [0.4, 0.5) is 5.69 Å². The number of nitrogens with zero attached hydrogens (tertiary/aromatic N) is 3. The summed E-state index contributed by atoms with van der Waals surface area (Å²) in [5, 5.41) is 11.0. The van der Waals surface area contributed by atoms with E-state index >= 15 is 0 Å². The van der Waals surface area contributed by atoms with E-state index in [0.717, 1.165) is 6.29 Å². The summed E-state index contributed by atoms with van der Waals surface area (Å²) in [5.74, 6) is 0. The number of rotatable bonds is 4. The van der Waals surface area contributed by atoms with Crippen molar-refractivity contribution < 1.29 is 9.72 Å². The first-order chi connectivity index (χ1) is 9.02.